The quantitative estimate of drug-likeness (QED) is 0.707. The smallest absolute Gasteiger partial charge is 0.330 e. The number of hydrogen-bond donors (Lipinski definition) is 0. The number of rotatable bonds is 6. The molecule has 3 rings (SSSR count). The van der Waals surface area contributed by atoms with Crippen molar-refractivity contribution in [3.63, 3.8) is 0 Å². The van der Waals surface area contributed by atoms with Crippen LogP contribution in [0, 0.1) is 0 Å². The van der Waals surface area contributed by atoms with Crippen molar-refractivity contribution in [2.24, 2.45) is 7.05 Å². The highest BCUT2D eigenvalue weighted by Crippen LogP contribution is 2.24. The van der Waals surface area contributed by atoms with Gasteiger partial charge in [0, 0.05) is 20.2 Å². The molecule has 2 aromatic heterocycles. The maximum absolute atomic E-state index is 12.5. The number of aromatic nitrogens is 4. The van der Waals surface area contributed by atoms with Gasteiger partial charge < -0.3 is 14.4 Å². The summed E-state index contributed by atoms with van der Waals surface area (Å²) in [5.41, 5.74) is 0.830. The van der Waals surface area contributed by atoms with Crippen LogP contribution >= 0.6 is 11.6 Å². The molecule has 0 saturated carbocycles. The van der Waals surface area contributed by atoms with Crippen molar-refractivity contribution in [2.45, 2.75) is 39.3 Å². The third-order valence-electron chi connectivity index (χ3n) is 4.52. The van der Waals surface area contributed by atoms with Crippen LogP contribution in [0.4, 0.5) is 0 Å². The van der Waals surface area contributed by atoms with Crippen LogP contribution < -0.4 is 10.4 Å². The van der Waals surface area contributed by atoms with E-state index in [4.69, 9.17) is 21.1 Å². The van der Waals surface area contributed by atoms with E-state index in [-0.39, 0.29) is 11.0 Å². The van der Waals surface area contributed by atoms with E-state index in [0.717, 1.165) is 19.4 Å². The van der Waals surface area contributed by atoms with Gasteiger partial charge in [0.15, 0.2) is 11.2 Å². The van der Waals surface area contributed by atoms with Crippen LogP contribution in [-0.4, -0.2) is 64.0 Å². The Morgan fingerprint density at radius 1 is 1.27 bits per heavy atom. The zero-order valence-corrected chi connectivity index (χ0v) is 16.9. The molecule has 0 amide bonds. The Labute approximate surface area is 158 Å². The predicted molar refractivity (Wildman–Crippen MR) is 102 cm³/mol. The number of fused-ring (bicyclic) bond motifs is 1. The first-order valence-corrected chi connectivity index (χ1v) is 9.35. The van der Waals surface area contributed by atoms with E-state index < -0.39 is 0 Å². The standard InChI is InChI=1S/C15H22ClN5O3.C2H6/c1-19-6-4-5-10(19)9-24-13-11-12(17-14(16)18-13)21(7-8-23-3)15(22)20(11)2;1-2/h10H,4-9H2,1-3H3;1-2H3/t10-;/m0./s1. The van der Waals surface area contributed by atoms with Crippen molar-refractivity contribution in [2.75, 3.05) is 33.9 Å². The van der Waals surface area contributed by atoms with Crippen molar-refractivity contribution >= 4 is 22.8 Å². The first-order valence-electron chi connectivity index (χ1n) is 8.97. The van der Waals surface area contributed by atoms with Crippen molar-refractivity contribution in [3.8, 4) is 5.88 Å². The molecule has 146 valence electrons. The molecule has 26 heavy (non-hydrogen) atoms. The number of hydrogen-bond acceptors (Lipinski definition) is 6. The van der Waals surface area contributed by atoms with Crippen molar-refractivity contribution in [1.29, 1.82) is 0 Å². The Morgan fingerprint density at radius 3 is 2.62 bits per heavy atom. The molecule has 3 heterocycles. The lowest BCUT2D eigenvalue weighted by Gasteiger charge is -2.19. The van der Waals surface area contributed by atoms with Gasteiger partial charge in [0.05, 0.1) is 13.2 Å². The zero-order chi connectivity index (χ0) is 19.3. The fraction of sp³-hybridized carbons (Fsp3) is 0.706. The summed E-state index contributed by atoms with van der Waals surface area (Å²) in [6, 6.07) is 0.349. The Balaban J connectivity index is 0.00000117. The Bertz CT molecular complexity index is 789. The summed E-state index contributed by atoms with van der Waals surface area (Å²) in [7, 11) is 5.35. The van der Waals surface area contributed by atoms with Crippen LogP contribution in [0.3, 0.4) is 0 Å². The molecule has 9 heteroatoms. The Kier molecular flexibility index (Phi) is 7.43. The van der Waals surface area contributed by atoms with Crippen LogP contribution in [0.2, 0.25) is 5.28 Å². The van der Waals surface area contributed by atoms with Crippen LogP contribution in [0.25, 0.3) is 11.2 Å². The SMILES string of the molecule is CC.COCCn1c(=O)n(C)c2c(OC[C@@H]3CCCN3C)nc(Cl)nc21. The van der Waals surface area contributed by atoms with Crippen molar-refractivity contribution in [3.05, 3.63) is 15.8 Å². The summed E-state index contributed by atoms with van der Waals surface area (Å²) in [6.07, 6.45) is 2.25. The average molecular weight is 386 g/mol. The zero-order valence-electron chi connectivity index (χ0n) is 16.2. The van der Waals surface area contributed by atoms with Gasteiger partial charge in [-0.2, -0.15) is 9.97 Å². The second kappa shape index (κ2) is 9.34. The number of ether oxygens (including phenoxy) is 2. The minimum Gasteiger partial charge on any atom is -0.474 e. The van der Waals surface area contributed by atoms with Gasteiger partial charge in [0.1, 0.15) is 6.61 Å². The van der Waals surface area contributed by atoms with E-state index in [1.165, 1.54) is 9.13 Å². The molecular formula is C17H28ClN5O3. The van der Waals surface area contributed by atoms with Gasteiger partial charge in [0.25, 0.3) is 0 Å². The van der Waals surface area contributed by atoms with Gasteiger partial charge in [-0.15, -0.1) is 0 Å². The molecule has 8 nitrogen and oxygen atoms in total. The highest BCUT2D eigenvalue weighted by Gasteiger charge is 2.24. The van der Waals surface area contributed by atoms with E-state index in [0.29, 0.717) is 42.8 Å². The molecule has 1 aliphatic rings. The van der Waals surface area contributed by atoms with Crippen LogP contribution in [0.15, 0.2) is 4.79 Å². The molecule has 1 aliphatic heterocycles. The molecule has 2 aromatic rings. The van der Waals surface area contributed by atoms with E-state index in [1.807, 2.05) is 13.8 Å². The Morgan fingerprint density at radius 2 is 2.00 bits per heavy atom. The van der Waals surface area contributed by atoms with E-state index in [2.05, 4.69) is 21.9 Å². The number of nitrogens with zero attached hydrogens (tertiary/aromatic N) is 5. The molecule has 1 saturated heterocycles. The van der Waals surface area contributed by atoms with Crippen LogP contribution in [0.5, 0.6) is 5.88 Å². The lowest BCUT2D eigenvalue weighted by atomic mass is 10.2. The lowest BCUT2D eigenvalue weighted by Crippen LogP contribution is -2.30. The number of imidazole rings is 1. The maximum Gasteiger partial charge on any atom is 0.330 e. The largest absolute Gasteiger partial charge is 0.474 e. The minimum atomic E-state index is -0.193. The van der Waals surface area contributed by atoms with Crippen molar-refractivity contribution in [1.82, 2.24) is 24.0 Å². The van der Waals surface area contributed by atoms with Crippen LogP contribution in [0.1, 0.15) is 26.7 Å². The average Bonchev–Trinajstić information content (AvgIpc) is 3.15. The molecule has 0 aromatic carbocycles. The maximum atomic E-state index is 12.5. The second-order valence-electron chi connectivity index (χ2n) is 6.04. The summed E-state index contributed by atoms with van der Waals surface area (Å²) in [6.45, 7) is 6.38. The third-order valence-corrected chi connectivity index (χ3v) is 4.69. The van der Waals surface area contributed by atoms with Gasteiger partial charge in [-0.1, -0.05) is 13.8 Å². The third kappa shape index (κ3) is 4.19. The number of likely N-dealkylation sites (N-methyl/N-ethyl adjacent to an activating group) is 1. The van der Waals surface area contributed by atoms with E-state index >= 15 is 0 Å². The van der Waals surface area contributed by atoms with Gasteiger partial charge in [0.2, 0.25) is 11.2 Å². The number of aryl methyl sites for hydroxylation is 1. The van der Waals surface area contributed by atoms with Gasteiger partial charge in [-0.05, 0) is 38.0 Å². The monoisotopic (exact) mass is 385 g/mol. The number of likely N-dealkylation sites (tertiary alicyclic amines) is 1. The molecule has 0 unspecified atom stereocenters. The van der Waals surface area contributed by atoms with E-state index in [9.17, 15) is 4.79 Å². The normalized spacial score (nSPS) is 17.4. The number of halogens is 1. The molecule has 1 atom stereocenters. The van der Waals surface area contributed by atoms with Gasteiger partial charge in [-0.3, -0.25) is 9.13 Å². The van der Waals surface area contributed by atoms with Gasteiger partial charge >= 0.3 is 5.69 Å². The summed E-state index contributed by atoms with van der Waals surface area (Å²) in [4.78, 5) is 23.1. The Hall–Kier alpha value is -1.64. The van der Waals surface area contributed by atoms with Gasteiger partial charge in [-0.25, -0.2) is 4.79 Å². The summed E-state index contributed by atoms with van der Waals surface area (Å²) >= 11 is 6.05. The molecular weight excluding hydrogens is 358 g/mol. The number of methoxy groups -OCH3 is 1. The first kappa shape index (κ1) is 20.7. The van der Waals surface area contributed by atoms with Crippen molar-refractivity contribution < 1.29 is 9.47 Å². The summed E-state index contributed by atoms with van der Waals surface area (Å²) in [5.74, 6) is 0.348. The molecule has 0 aliphatic carbocycles. The fourth-order valence-electron chi connectivity index (χ4n) is 3.10. The fourth-order valence-corrected chi connectivity index (χ4v) is 3.25. The first-order chi connectivity index (χ1) is 12.5. The molecule has 0 radical (unpaired) electrons. The molecule has 1 fully saturated rings. The molecule has 0 N–H and O–H groups in total. The summed E-state index contributed by atoms with van der Waals surface area (Å²) < 4.78 is 14.0. The highest BCUT2D eigenvalue weighted by atomic mass is 35.5. The predicted octanol–water partition coefficient (Wildman–Crippen LogP) is 1.93. The lowest BCUT2D eigenvalue weighted by molar-refractivity contribution is 0.187. The highest BCUT2D eigenvalue weighted by molar-refractivity contribution is 6.28. The molecule has 0 bridgehead atoms. The minimum absolute atomic E-state index is 0.0639. The molecule has 0 spiro atoms. The topological polar surface area (TPSA) is 74.4 Å². The van der Waals surface area contributed by atoms with E-state index in [1.54, 1.807) is 14.2 Å². The second-order valence-corrected chi connectivity index (χ2v) is 6.38. The van der Waals surface area contributed by atoms with Crippen LogP contribution in [-0.2, 0) is 18.3 Å². The summed E-state index contributed by atoms with van der Waals surface area (Å²) in [5, 5.41) is 0.0639.